The normalized spacial score (nSPS) is 12.8. The van der Waals surface area contributed by atoms with Gasteiger partial charge in [-0.25, -0.2) is 0 Å². The minimum absolute atomic E-state index is 0.383. The molecule has 0 amide bonds. The summed E-state index contributed by atoms with van der Waals surface area (Å²) >= 11 is 0. The highest BCUT2D eigenvalue weighted by atomic mass is 16.5. The number of methoxy groups -OCH3 is 1. The third-order valence-corrected chi connectivity index (χ3v) is 3.33. The van der Waals surface area contributed by atoms with Gasteiger partial charge in [-0.05, 0) is 13.0 Å². The van der Waals surface area contributed by atoms with Crippen LogP contribution in [0.3, 0.4) is 0 Å². The van der Waals surface area contributed by atoms with Crippen LogP contribution in [-0.4, -0.2) is 51.2 Å². The molecule has 4 nitrogen and oxygen atoms in total. The minimum Gasteiger partial charge on any atom is -0.389 e. The molecule has 0 rings (SSSR count). The van der Waals surface area contributed by atoms with Crippen LogP contribution in [0.15, 0.2) is 0 Å². The molecule has 1 atom stereocenters. The number of ether oxygens (including phenoxy) is 2. The molecule has 1 unspecified atom stereocenters. The van der Waals surface area contributed by atoms with Gasteiger partial charge in [-0.2, -0.15) is 0 Å². The first-order chi connectivity index (χ1) is 9.81. The fourth-order valence-corrected chi connectivity index (χ4v) is 2.07. The van der Waals surface area contributed by atoms with Gasteiger partial charge in [-0.3, -0.25) is 0 Å². The lowest BCUT2D eigenvalue weighted by molar-refractivity contribution is 0.0138. The second-order valence-corrected chi connectivity index (χ2v) is 5.40. The van der Waals surface area contributed by atoms with Crippen LogP contribution in [-0.2, 0) is 9.47 Å². The van der Waals surface area contributed by atoms with Gasteiger partial charge in [0.05, 0.1) is 25.9 Å². The highest BCUT2D eigenvalue weighted by molar-refractivity contribution is 4.58. The number of aliphatic hydroxyl groups is 1. The van der Waals surface area contributed by atoms with Gasteiger partial charge in [0.2, 0.25) is 0 Å². The molecule has 0 aromatic carbocycles. The Bertz CT molecular complexity index is 179. The van der Waals surface area contributed by atoms with E-state index in [9.17, 15) is 5.11 Å². The Kier molecular flexibility index (Phi) is 16.8. The topological polar surface area (TPSA) is 50.7 Å². The third-order valence-electron chi connectivity index (χ3n) is 3.33. The van der Waals surface area contributed by atoms with Crippen LogP contribution in [0, 0.1) is 0 Å². The summed E-state index contributed by atoms with van der Waals surface area (Å²) in [5, 5.41) is 12.9. The molecule has 0 saturated heterocycles. The quantitative estimate of drug-likeness (QED) is 0.429. The average Bonchev–Trinajstić information content (AvgIpc) is 2.45. The van der Waals surface area contributed by atoms with E-state index in [2.05, 4.69) is 12.2 Å². The van der Waals surface area contributed by atoms with Crippen molar-refractivity contribution in [2.45, 2.75) is 64.4 Å². The Balaban J connectivity index is 3.07. The predicted molar refractivity (Wildman–Crippen MR) is 84.2 cm³/mol. The van der Waals surface area contributed by atoms with Gasteiger partial charge in [0, 0.05) is 13.7 Å². The van der Waals surface area contributed by atoms with E-state index in [0.717, 1.165) is 6.54 Å². The maximum Gasteiger partial charge on any atom is 0.0897 e. The summed E-state index contributed by atoms with van der Waals surface area (Å²) in [6.45, 7) is 5.37. The van der Waals surface area contributed by atoms with Gasteiger partial charge in [0.15, 0.2) is 0 Å². The molecule has 4 heteroatoms. The van der Waals surface area contributed by atoms with E-state index in [0.29, 0.717) is 26.4 Å². The number of hydrogen-bond acceptors (Lipinski definition) is 4. The molecule has 0 bridgehead atoms. The summed E-state index contributed by atoms with van der Waals surface area (Å²) in [6.07, 6.45) is 10.3. The van der Waals surface area contributed by atoms with Gasteiger partial charge in [0.1, 0.15) is 0 Å². The zero-order valence-corrected chi connectivity index (χ0v) is 13.5. The van der Waals surface area contributed by atoms with Crippen molar-refractivity contribution in [2.24, 2.45) is 0 Å². The largest absolute Gasteiger partial charge is 0.389 e. The van der Waals surface area contributed by atoms with E-state index in [1.807, 2.05) is 0 Å². The van der Waals surface area contributed by atoms with Crippen molar-refractivity contribution in [3.05, 3.63) is 0 Å². The Hall–Kier alpha value is -0.160. The lowest BCUT2D eigenvalue weighted by Crippen LogP contribution is -2.31. The Labute approximate surface area is 125 Å². The van der Waals surface area contributed by atoms with Crippen molar-refractivity contribution in [3.63, 3.8) is 0 Å². The summed E-state index contributed by atoms with van der Waals surface area (Å²) in [5.41, 5.74) is 0. The first-order valence-electron chi connectivity index (χ1n) is 8.26. The second-order valence-electron chi connectivity index (χ2n) is 5.40. The molecule has 0 fully saturated rings. The zero-order valence-electron chi connectivity index (χ0n) is 13.5. The molecule has 20 heavy (non-hydrogen) atoms. The first kappa shape index (κ1) is 19.8. The molecule has 0 heterocycles. The van der Waals surface area contributed by atoms with Crippen molar-refractivity contribution >= 4 is 0 Å². The molecular weight excluding hydrogens is 254 g/mol. The Morgan fingerprint density at radius 3 is 2.25 bits per heavy atom. The Morgan fingerprint density at radius 2 is 1.60 bits per heavy atom. The summed E-state index contributed by atoms with van der Waals surface area (Å²) in [6, 6.07) is 0. The standard InChI is InChI=1S/C16H35NO3/c1-3-4-5-6-7-8-9-10-11-17-14-16(18)15-20-13-12-19-2/h16-18H,3-15H2,1-2H3. The molecule has 0 aliphatic rings. The SMILES string of the molecule is CCCCCCCCCCNCC(O)COCCOC. The van der Waals surface area contributed by atoms with Crippen molar-refractivity contribution in [2.75, 3.05) is 40.0 Å². The van der Waals surface area contributed by atoms with Crippen LogP contribution >= 0.6 is 0 Å². The molecule has 0 radical (unpaired) electrons. The summed E-state index contributed by atoms with van der Waals surface area (Å²) in [4.78, 5) is 0. The fraction of sp³-hybridized carbons (Fsp3) is 1.00. The summed E-state index contributed by atoms with van der Waals surface area (Å²) in [7, 11) is 1.64. The van der Waals surface area contributed by atoms with Crippen LogP contribution in [0.25, 0.3) is 0 Å². The van der Waals surface area contributed by atoms with E-state index < -0.39 is 6.10 Å². The molecular formula is C16H35NO3. The van der Waals surface area contributed by atoms with E-state index in [-0.39, 0.29) is 0 Å². The maximum atomic E-state index is 9.64. The van der Waals surface area contributed by atoms with Crippen LogP contribution in [0.2, 0.25) is 0 Å². The molecule has 0 aliphatic heterocycles. The van der Waals surface area contributed by atoms with Crippen molar-refractivity contribution < 1.29 is 14.6 Å². The average molecular weight is 289 g/mol. The zero-order chi connectivity index (χ0) is 14.9. The van der Waals surface area contributed by atoms with Gasteiger partial charge in [0.25, 0.3) is 0 Å². The fourth-order valence-electron chi connectivity index (χ4n) is 2.07. The number of unbranched alkanes of at least 4 members (excludes halogenated alkanes) is 7. The van der Waals surface area contributed by atoms with Gasteiger partial charge >= 0.3 is 0 Å². The van der Waals surface area contributed by atoms with Crippen molar-refractivity contribution in [1.29, 1.82) is 0 Å². The van der Waals surface area contributed by atoms with Gasteiger partial charge < -0.3 is 19.9 Å². The number of hydrogen-bond donors (Lipinski definition) is 2. The molecule has 0 saturated carbocycles. The maximum absolute atomic E-state index is 9.64. The monoisotopic (exact) mass is 289 g/mol. The molecule has 0 aliphatic carbocycles. The number of aliphatic hydroxyl groups excluding tert-OH is 1. The number of rotatable bonds is 16. The molecule has 122 valence electrons. The third kappa shape index (κ3) is 15.9. The van der Waals surface area contributed by atoms with Crippen LogP contribution < -0.4 is 5.32 Å². The highest BCUT2D eigenvalue weighted by Crippen LogP contribution is 2.07. The Morgan fingerprint density at radius 1 is 0.950 bits per heavy atom. The minimum atomic E-state index is -0.416. The van der Waals surface area contributed by atoms with E-state index in [1.165, 1.54) is 51.4 Å². The first-order valence-corrected chi connectivity index (χ1v) is 8.26. The number of nitrogens with one attached hydrogen (secondary N) is 1. The molecule has 0 aromatic rings. The van der Waals surface area contributed by atoms with Gasteiger partial charge in [-0.1, -0.05) is 51.9 Å². The predicted octanol–water partition coefficient (Wildman–Crippen LogP) is 2.74. The van der Waals surface area contributed by atoms with E-state index in [1.54, 1.807) is 7.11 Å². The molecule has 0 aromatic heterocycles. The smallest absolute Gasteiger partial charge is 0.0897 e. The van der Waals surface area contributed by atoms with Crippen molar-refractivity contribution in [1.82, 2.24) is 5.32 Å². The van der Waals surface area contributed by atoms with E-state index in [4.69, 9.17) is 9.47 Å². The second kappa shape index (κ2) is 16.9. The molecule has 2 N–H and O–H groups in total. The summed E-state index contributed by atoms with van der Waals surface area (Å²) < 4.78 is 10.1. The van der Waals surface area contributed by atoms with Crippen LogP contribution in [0.1, 0.15) is 58.3 Å². The lowest BCUT2D eigenvalue weighted by Gasteiger charge is -2.12. The van der Waals surface area contributed by atoms with Crippen LogP contribution in [0.4, 0.5) is 0 Å². The van der Waals surface area contributed by atoms with E-state index >= 15 is 0 Å². The summed E-state index contributed by atoms with van der Waals surface area (Å²) in [5.74, 6) is 0. The molecule has 0 spiro atoms. The lowest BCUT2D eigenvalue weighted by atomic mass is 10.1. The van der Waals surface area contributed by atoms with Crippen LogP contribution in [0.5, 0.6) is 0 Å². The highest BCUT2D eigenvalue weighted by Gasteiger charge is 2.02. The van der Waals surface area contributed by atoms with Gasteiger partial charge in [-0.15, -0.1) is 0 Å². The van der Waals surface area contributed by atoms with Crippen molar-refractivity contribution in [3.8, 4) is 0 Å².